The third-order valence-corrected chi connectivity index (χ3v) is 3.92. The van der Waals surface area contributed by atoms with E-state index in [9.17, 15) is 4.79 Å². The number of hydrogen-bond acceptors (Lipinski definition) is 3. The number of carbonyl (C=O) groups excluding carboxylic acids is 1. The lowest BCUT2D eigenvalue weighted by Gasteiger charge is -2.13. The van der Waals surface area contributed by atoms with Crippen molar-refractivity contribution in [2.24, 2.45) is 0 Å². The Morgan fingerprint density at radius 2 is 2.00 bits per heavy atom. The number of rotatable bonds is 5. The maximum atomic E-state index is 12.3. The molecule has 0 radical (unpaired) electrons. The first kappa shape index (κ1) is 16.6. The third-order valence-electron chi connectivity index (χ3n) is 3.10. The molecule has 2 rings (SSSR count). The molecule has 6 heteroatoms. The molecule has 0 saturated carbocycles. The van der Waals surface area contributed by atoms with Crippen LogP contribution in [0.25, 0.3) is 0 Å². The van der Waals surface area contributed by atoms with Gasteiger partial charge in [0.2, 0.25) is 0 Å². The number of nitrogens with one attached hydrogen (secondary N) is 1. The fourth-order valence-electron chi connectivity index (χ4n) is 2.04. The molecule has 2 aromatic carbocycles. The van der Waals surface area contributed by atoms with E-state index in [-0.39, 0.29) is 5.91 Å². The van der Waals surface area contributed by atoms with Gasteiger partial charge in [0, 0.05) is 16.6 Å². The van der Waals surface area contributed by atoms with Crippen molar-refractivity contribution < 1.29 is 14.3 Å². The highest BCUT2D eigenvalue weighted by atomic mass is 79.9. The van der Waals surface area contributed by atoms with Crippen LogP contribution in [-0.4, -0.2) is 20.1 Å². The predicted molar refractivity (Wildman–Crippen MR) is 89.9 cm³/mol. The first-order chi connectivity index (χ1) is 10.6. The topological polar surface area (TPSA) is 47.6 Å². The SMILES string of the molecule is COc1cccc(CNC(=O)c2cc(Br)ccc2Cl)c1OC. The summed E-state index contributed by atoms with van der Waals surface area (Å²) in [6, 6.07) is 10.6. The molecule has 0 saturated heterocycles. The summed E-state index contributed by atoms with van der Waals surface area (Å²) in [5.74, 6) is 0.969. The summed E-state index contributed by atoms with van der Waals surface area (Å²) >= 11 is 9.38. The molecule has 0 spiro atoms. The van der Waals surface area contributed by atoms with Gasteiger partial charge in [-0.25, -0.2) is 0 Å². The van der Waals surface area contributed by atoms with Crippen molar-refractivity contribution in [1.29, 1.82) is 0 Å². The lowest BCUT2D eigenvalue weighted by molar-refractivity contribution is 0.0950. The fourth-order valence-corrected chi connectivity index (χ4v) is 2.60. The van der Waals surface area contributed by atoms with Crippen molar-refractivity contribution >= 4 is 33.4 Å². The van der Waals surface area contributed by atoms with Crippen LogP contribution in [-0.2, 0) is 6.54 Å². The summed E-state index contributed by atoms with van der Waals surface area (Å²) < 4.78 is 11.4. The van der Waals surface area contributed by atoms with Gasteiger partial charge in [-0.2, -0.15) is 0 Å². The van der Waals surface area contributed by atoms with Gasteiger partial charge in [-0.05, 0) is 24.3 Å². The summed E-state index contributed by atoms with van der Waals surface area (Å²) in [4.78, 5) is 12.3. The van der Waals surface area contributed by atoms with E-state index >= 15 is 0 Å². The summed E-state index contributed by atoms with van der Waals surface area (Å²) in [5, 5.41) is 3.23. The summed E-state index contributed by atoms with van der Waals surface area (Å²) in [7, 11) is 3.13. The van der Waals surface area contributed by atoms with E-state index in [1.807, 2.05) is 12.1 Å². The molecule has 0 unspecified atom stereocenters. The minimum Gasteiger partial charge on any atom is -0.493 e. The van der Waals surface area contributed by atoms with Crippen LogP contribution in [0, 0.1) is 0 Å². The minimum atomic E-state index is -0.254. The largest absolute Gasteiger partial charge is 0.493 e. The minimum absolute atomic E-state index is 0.254. The van der Waals surface area contributed by atoms with Crippen LogP contribution >= 0.6 is 27.5 Å². The molecule has 0 bridgehead atoms. The Kier molecular flexibility index (Phi) is 5.69. The lowest BCUT2D eigenvalue weighted by Crippen LogP contribution is -2.23. The van der Waals surface area contributed by atoms with Gasteiger partial charge in [0.1, 0.15) is 0 Å². The van der Waals surface area contributed by atoms with Gasteiger partial charge in [0.25, 0.3) is 5.91 Å². The second-order valence-corrected chi connectivity index (χ2v) is 5.78. The number of carbonyl (C=O) groups is 1. The van der Waals surface area contributed by atoms with E-state index in [1.165, 1.54) is 0 Å². The molecule has 1 N–H and O–H groups in total. The van der Waals surface area contributed by atoms with Crippen molar-refractivity contribution in [3.63, 3.8) is 0 Å². The smallest absolute Gasteiger partial charge is 0.253 e. The maximum absolute atomic E-state index is 12.3. The maximum Gasteiger partial charge on any atom is 0.253 e. The molecule has 2 aromatic rings. The number of benzene rings is 2. The quantitative estimate of drug-likeness (QED) is 0.846. The molecule has 0 aromatic heterocycles. The summed E-state index contributed by atoms with van der Waals surface area (Å²) in [5.41, 5.74) is 1.24. The summed E-state index contributed by atoms with van der Waals surface area (Å²) in [6.45, 7) is 0.308. The first-order valence-electron chi connectivity index (χ1n) is 6.50. The highest BCUT2D eigenvalue weighted by Crippen LogP contribution is 2.30. The Morgan fingerprint density at radius 3 is 2.68 bits per heavy atom. The van der Waals surface area contributed by atoms with E-state index in [2.05, 4.69) is 21.2 Å². The predicted octanol–water partition coefficient (Wildman–Crippen LogP) is 4.05. The van der Waals surface area contributed by atoms with Gasteiger partial charge in [-0.3, -0.25) is 4.79 Å². The standard InChI is InChI=1S/C16H15BrClNO3/c1-21-14-5-3-4-10(15(14)22-2)9-19-16(20)12-8-11(17)6-7-13(12)18/h3-8H,9H2,1-2H3,(H,19,20). The summed E-state index contributed by atoms with van der Waals surface area (Å²) in [6.07, 6.45) is 0. The molecule has 0 fully saturated rings. The molecular weight excluding hydrogens is 370 g/mol. The molecule has 4 nitrogen and oxygen atoms in total. The number of halogens is 2. The van der Waals surface area contributed by atoms with Gasteiger partial charge in [0.15, 0.2) is 11.5 Å². The average molecular weight is 385 g/mol. The molecule has 0 aliphatic carbocycles. The van der Waals surface area contributed by atoms with Crippen LogP contribution in [0.3, 0.4) is 0 Å². The number of para-hydroxylation sites is 1. The molecular formula is C16H15BrClNO3. The Labute approximate surface area is 142 Å². The molecule has 0 aliphatic rings. The van der Waals surface area contributed by atoms with Crippen molar-refractivity contribution in [3.05, 3.63) is 57.0 Å². The van der Waals surface area contributed by atoms with Gasteiger partial charge < -0.3 is 14.8 Å². The monoisotopic (exact) mass is 383 g/mol. The van der Waals surface area contributed by atoms with E-state index in [0.717, 1.165) is 10.0 Å². The highest BCUT2D eigenvalue weighted by Gasteiger charge is 2.13. The first-order valence-corrected chi connectivity index (χ1v) is 7.67. The van der Waals surface area contributed by atoms with Crippen LogP contribution < -0.4 is 14.8 Å². The van der Waals surface area contributed by atoms with Crippen LogP contribution in [0.4, 0.5) is 0 Å². The Morgan fingerprint density at radius 1 is 1.23 bits per heavy atom. The van der Waals surface area contributed by atoms with Crippen LogP contribution in [0.1, 0.15) is 15.9 Å². The average Bonchev–Trinajstić information content (AvgIpc) is 2.54. The normalized spacial score (nSPS) is 10.2. The molecule has 22 heavy (non-hydrogen) atoms. The Balaban J connectivity index is 2.16. The Hall–Kier alpha value is -1.72. The molecule has 0 heterocycles. The zero-order chi connectivity index (χ0) is 16.1. The van der Waals surface area contributed by atoms with Crippen LogP contribution in [0.2, 0.25) is 5.02 Å². The lowest BCUT2D eigenvalue weighted by atomic mass is 10.1. The number of methoxy groups -OCH3 is 2. The fraction of sp³-hybridized carbons (Fsp3) is 0.188. The molecule has 0 aliphatic heterocycles. The molecule has 116 valence electrons. The zero-order valence-corrected chi connectivity index (χ0v) is 14.5. The van der Waals surface area contributed by atoms with E-state index in [1.54, 1.807) is 38.5 Å². The number of hydrogen-bond donors (Lipinski definition) is 1. The van der Waals surface area contributed by atoms with Crippen molar-refractivity contribution in [1.82, 2.24) is 5.32 Å². The van der Waals surface area contributed by atoms with Gasteiger partial charge in [0.05, 0.1) is 24.8 Å². The van der Waals surface area contributed by atoms with Crippen LogP contribution in [0.15, 0.2) is 40.9 Å². The van der Waals surface area contributed by atoms with Crippen molar-refractivity contribution in [2.75, 3.05) is 14.2 Å². The van der Waals surface area contributed by atoms with Gasteiger partial charge in [-0.15, -0.1) is 0 Å². The zero-order valence-electron chi connectivity index (χ0n) is 12.2. The van der Waals surface area contributed by atoms with E-state index < -0.39 is 0 Å². The second-order valence-electron chi connectivity index (χ2n) is 4.46. The molecule has 0 atom stereocenters. The van der Waals surface area contributed by atoms with Gasteiger partial charge >= 0.3 is 0 Å². The van der Waals surface area contributed by atoms with Crippen LogP contribution in [0.5, 0.6) is 11.5 Å². The second kappa shape index (κ2) is 7.51. The highest BCUT2D eigenvalue weighted by molar-refractivity contribution is 9.10. The van der Waals surface area contributed by atoms with E-state index in [4.69, 9.17) is 21.1 Å². The van der Waals surface area contributed by atoms with Crippen molar-refractivity contribution in [2.45, 2.75) is 6.54 Å². The number of amides is 1. The number of ether oxygens (including phenoxy) is 2. The Bertz CT molecular complexity index is 691. The molecule has 1 amide bonds. The van der Waals surface area contributed by atoms with Crippen molar-refractivity contribution in [3.8, 4) is 11.5 Å². The third kappa shape index (κ3) is 3.72. The van der Waals surface area contributed by atoms with Gasteiger partial charge in [-0.1, -0.05) is 39.7 Å². The van der Waals surface area contributed by atoms with E-state index in [0.29, 0.717) is 28.6 Å².